The number of nitrogens with one attached hydrogen (secondary N) is 1. The average molecular weight is 391 g/mol. The molecule has 0 aromatic rings. The molecular weight excluding hydrogens is 362 g/mol. The molecule has 1 unspecified atom stereocenters. The fraction of sp³-hybridized carbons (Fsp3) is 0.938. The molecule has 150 valence electrons. The van der Waals surface area contributed by atoms with Crippen LogP contribution in [0.25, 0.3) is 0 Å². The third-order valence-electron chi connectivity index (χ3n) is 5.31. The Morgan fingerprint density at radius 3 is 2.54 bits per heavy atom. The summed E-state index contributed by atoms with van der Waals surface area (Å²) in [4.78, 5) is 12.3. The van der Waals surface area contributed by atoms with Gasteiger partial charge in [-0.1, -0.05) is 0 Å². The first kappa shape index (κ1) is 20.0. The molecule has 0 aromatic carbocycles. The molecule has 0 aliphatic carbocycles. The van der Waals surface area contributed by atoms with E-state index in [1.54, 1.807) is 7.11 Å². The van der Waals surface area contributed by atoms with Crippen LogP contribution in [0, 0.1) is 5.92 Å². The number of carbonyl (C=O) groups excluding carboxylic acids is 1. The number of nitrogens with zero attached hydrogens (tertiary/aromatic N) is 2. The number of methoxy groups -OCH3 is 1. The number of carbonyl (C=O) groups is 1. The Morgan fingerprint density at radius 1 is 1.19 bits per heavy atom. The molecule has 10 heteroatoms. The molecule has 1 spiro atoms. The van der Waals surface area contributed by atoms with E-state index in [9.17, 15) is 13.2 Å². The SMILES string of the molecule is COCCNC(=O)C1CCCN(S(=O)(=O)N2CCC3(CC2)OCCO3)C1. The van der Waals surface area contributed by atoms with Gasteiger partial charge in [0.1, 0.15) is 0 Å². The number of amides is 1. The highest BCUT2D eigenvalue weighted by Crippen LogP contribution is 2.33. The van der Waals surface area contributed by atoms with Gasteiger partial charge >= 0.3 is 0 Å². The van der Waals surface area contributed by atoms with Crippen molar-refractivity contribution >= 4 is 16.1 Å². The molecule has 26 heavy (non-hydrogen) atoms. The lowest BCUT2D eigenvalue weighted by molar-refractivity contribution is -0.179. The molecule has 3 heterocycles. The van der Waals surface area contributed by atoms with Crippen molar-refractivity contribution in [2.75, 3.05) is 59.7 Å². The van der Waals surface area contributed by atoms with E-state index in [1.807, 2.05) is 0 Å². The van der Waals surface area contributed by atoms with E-state index in [0.717, 1.165) is 0 Å². The Bertz CT molecular complexity index is 583. The van der Waals surface area contributed by atoms with Gasteiger partial charge < -0.3 is 19.5 Å². The molecule has 0 aromatic heterocycles. The smallest absolute Gasteiger partial charge is 0.282 e. The molecular formula is C16H29N3O6S. The summed E-state index contributed by atoms with van der Waals surface area (Å²) in [5, 5.41) is 2.81. The third kappa shape index (κ3) is 4.37. The van der Waals surface area contributed by atoms with E-state index in [-0.39, 0.29) is 18.4 Å². The molecule has 3 aliphatic heterocycles. The minimum atomic E-state index is -3.57. The zero-order valence-electron chi connectivity index (χ0n) is 15.3. The van der Waals surface area contributed by atoms with Crippen LogP contribution in [0.1, 0.15) is 25.7 Å². The molecule has 1 N–H and O–H groups in total. The summed E-state index contributed by atoms with van der Waals surface area (Å²) in [5.41, 5.74) is 0. The highest BCUT2D eigenvalue weighted by atomic mass is 32.2. The van der Waals surface area contributed by atoms with Crippen LogP contribution in [-0.4, -0.2) is 88.4 Å². The van der Waals surface area contributed by atoms with Gasteiger partial charge in [-0.2, -0.15) is 17.0 Å². The standard InChI is InChI=1S/C16H29N3O6S/c1-23-10-6-17-15(20)14-3-2-7-19(13-14)26(21,22)18-8-4-16(5-9-18)24-11-12-25-16/h14H,2-13H2,1H3,(H,17,20). The largest absolute Gasteiger partial charge is 0.383 e. The summed E-state index contributed by atoms with van der Waals surface area (Å²) in [7, 11) is -2.00. The van der Waals surface area contributed by atoms with Gasteiger partial charge in [0, 0.05) is 52.7 Å². The van der Waals surface area contributed by atoms with Crippen LogP contribution in [0.4, 0.5) is 0 Å². The van der Waals surface area contributed by atoms with Crippen LogP contribution < -0.4 is 5.32 Å². The molecule has 3 saturated heterocycles. The van der Waals surface area contributed by atoms with Crippen molar-refractivity contribution in [1.29, 1.82) is 0 Å². The van der Waals surface area contributed by atoms with E-state index >= 15 is 0 Å². The Kier molecular flexibility index (Phi) is 6.52. The van der Waals surface area contributed by atoms with E-state index in [2.05, 4.69) is 5.32 Å². The van der Waals surface area contributed by atoms with E-state index < -0.39 is 16.0 Å². The van der Waals surface area contributed by atoms with Crippen molar-refractivity contribution in [2.45, 2.75) is 31.5 Å². The number of piperidine rings is 2. The normalized spacial score (nSPS) is 27.7. The number of ether oxygens (including phenoxy) is 3. The molecule has 3 fully saturated rings. The summed E-state index contributed by atoms with van der Waals surface area (Å²) >= 11 is 0. The molecule has 0 saturated carbocycles. The van der Waals surface area contributed by atoms with Crippen LogP contribution in [-0.2, 0) is 29.2 Å². The lowest BCUT2D eigenvalue weighted by Crippen LogP contribution is -2.54. The zero-order valence-corrected chi connectivity index (χ0v) is 16.1. The fourth-order valence-electron chi connectivity index (χ4n) is 3.79. The predicted octanol–water partition coefficient (Wildman–Crippen LogP) is -0.455. The molecule has 1 atom stereocenters. The second-order valence-electron chi connectivity index (χ2n) is 7.00. The highest BCUT2D eigenvalue weighted by Gasteiger charge is 2.44. The lowest BCUT2D eigenvalue weighted by atomic mass is 9.99. The van der Waals surface area contributed by atoms with E-state index in [1.165, 1.54) is 8.61 Å². The van der Waals surface area contributed by atoms with Crippen molar-refractivity contribution < 1.29 is 27.4 Å². The maximum Gasteiger partial charge on any atom is 0.282 e. The summed E-state index contributed by atoms with van der Waals surface area (Å²) in [6.45, 7) is 3.46. The zero-order chi connectivity index (χ0) is 18.6. The molecule has 0 radical (unpaired) electrons. The topological polar surface area (TPSA) is 97.4 Å². The third-order valence-corrected chi connectivity index (χ3v) is 7.31. The van der Waals surface area contributed by atoms with Crippen LogP contribution >= 0.6 is 0 Å². The minimum absolute atomic E-state index is 0.104. The van der Waals surface area contributed by atoms with Crippen molar-refractivity contribution in [3.05, 3.63) is 0 Å². The summed E-state index contributed by atoms with van der Waals surface area (Å²) < 4.78 is 45.2. The van der Waals surface area contributed by atoms with Crippen molar-refractivity contribution in [2.24, 2.45) is 5.92 Å². The number of hydrogen-bond acceptors (Lipinski definition) is 6. The Balaban J connectivity index is 1.56. The minimum Gasteiger partial charge on any atom is -0.383 e. The van der Waals surface area contributed by atoms with Crippen LogP contribution in [0.5, 0.6) is 0 Å². The quantitative estimate of drug-likeness (QED) is 0.616. The van der Waals surface area contributed by atoms with Crippen LogP contribution in [0.2, 0.25) is 0 Å². The lowest BCUT2D eigenvalue weighted by Gasteiger charge is -2.40. The fourth-order valence-corrected chi connectivity index (χ4v) is 5.49. The Morgan fingerprint density at radius 2 is 1.88 bits per heavy atom. The first-order valence-electron chi connectivity index (χ1n) is 9.27. The summed E-state index contributed by atoms with van der Waals surface area (Å²) in [5.74, 6) is -1.02. The first-order chi connectivity index (χ1) is 12.5. The molecule has 9 nitrogen and oxygen atoms in total. The maximum absolute atomic E-state index is 13.0. The van der Waals surface area contributed by atoms with Crippen molar-refractivity contribution in [3.8, 4) is 0 Å². The van der Waals surface area contributed by atoms with E-state index in [4.69, 9.17) is 14.2 Å². The van der Waals surface area contributed by atoms with Gasteiger partial charge in [0.05, 0.1) is 25.7 Å². The highest BCUT2D eigenvalue weighted by molar-refractivity contribution is 7.86. The second-order valence-corrected chi connectivity index (χ2v) is 8.92. The monoisotopic (exact) mass is 391 g/mol. The van der Waals surface area contributed by atoms with Crippen LogP contribution in [0.15, 0.2) is 0 Å². The Hall–Kier alpha value is -0.780. The molecule has 1 amide bonds. The first-order valence-corrected chi connectivity index (χ1v) is 10.7. The van der Waals surface area contributed by atoms with Gasteiger partial charge in [-0.25, -0.2) is 0 Å². The Labute approximate surface area is 155 Å². The molecule has 3 aliphatic rings. The number of rotatable bonds is 6. The second kappa shape index (κ2) is 8.49. The van der Waals surface area contributed by atoms with Crippen molar-refractivity contribution in [1.82, 2.24) is 13.9 Å². The predicted molar refractivity (Wildman–Crippen MR) is 93.5 cm³/mol. The van der Waals surface area contributed by atoms with Gasteiger partial charge in [-0.05, 0) is 12.8 Å². The van der Waals surface area contributed by atoms with E-state index in [0.29, 0.717) is 71.7 Å². The van der Waals surface area contributed by atoms with Gasteiger partial charge in [-0.3, -0.25) is 4.79 Å². The van der Waals surface area contributed by atoms with Crippen LogP contribution in [0.3, 0.4) is 0 Å². The maximum atomic E-state index is 13.0. The van der Waals surface area contributed by atoms with Gasteiger partial charge in [0.25, 0.3) is 10.2 Å². The molecule has 3 rings (SSSR count). The summed E-state index contributed by atoms with van der Waals surface area (Å²) in [6.07, 6.45) is 2.48. The van der Waals surface area contributed by atoms with Crippen molar-refractivity contribution in [3.63, 3.8) is 0 Å². The van der Waals surface area contributed by atoms with Gasteiger partial charge in [0.2, 0.25) is 5.91 Å². The average Bonchev–Trinajstić information content (AvgIpc) is 3.10. The molecule has 0 bridgehead atoms. The van der Waals surface area contributed by atoms with Gasteiger partial charge in [-0.15, -0.1) is 0 Å². The summed E-state index contributed by atoms with van der Waals surface area (Å²) in [6, 6.07) is 0. The number of hydrogen-bond donors (Lipinski definition) is 1. The van der Waals surface area contributed by atoms with Gasteiger partial charge in [0.15, 0.2) is 5.79 Å².